The van der Waals surface area contributed by atoms with Crippen molar-refractivity contribution < 1.29 is 4.79 Å². The second-order valence-corrected chi connectivity index (χ2v) is 5.41. The lowest BCUT2D eigenvalue weighted by Gasteiger charge is -2.04. The maximum Gasteiger partial charge on any atom is 0.271 e. The number of hydrazone groups is 1. The van der Waals surface area contributed by atoms with E-state index in [1.807, 2.05) is 49.4 Å². The topological polar surface area (TPSA) is 41.5 Å². The first-order chi connectivity index (χ1) is 10.2. The molecular weight excluding hydrogens is 260 g/mol. The number of benzene rings is 2. The van der Waals surface area contributed by atoms with Gasteiger partial charge in [-0.15, -0.1) is 0 Å². The van der Waals surface area contributed by atoms with Crippen LogP contribution in [0.2, 0.25) is 0 Å². The van der Waals surface area contributed by atoms with Gasteiger partial charge in [-0.3, -0.25) is 4.79 Å². The summed E-state index contributed by atoms with van der Waals surface area (Å²) < 4.78 is 0. The molecule has 0 bridgehead atoms. The first-order valence-electron chi connectivity index (χ1n) is 7.24. The molecule has 3 heteroatoms. The van der Waals surface area contributed by atoms with E-state index in [-0.39, 0.29) is 5.91 Å². The summed E-state index contributed by atoms with van der Waals surface area (Å²) in [5.74, 6) is 0.417. The van der Waals surface area contributed by atoms with Gasteiger partial charge in [0.15, 0.2) is 0 Å². The van der Waals surface area contributed by atoms with E-state index in [9.17, 15) is 4.79 Å². The van der Waals surface area contributed by atoms with E-state index in [1.54, 1.807) is 0 Å². The van der Waals surface area contributed by atoms with Gasteiger partial charge in [-0.2, -0.15) is 5.10 Å². The van der Waals surface area contributed by atoms with Gasteiger partial charge in [0.1, 0.15) is 0 Å². The number of carbonyl (C=O) groups excluding carboxylic acids is 1. The lowest BCUT2D eigenvalue weighted by atomic mass is 10.0. The Balaban J connectivity index is 1.69. The van der Waals surface area contributed by atoms with Gasteiger partial charge in [0.2, 0.25) is 0 Å². The third kappa shape index (κ3) is 3.37. The number of nitrogens with zero attached hydrogens (tertiary/aromatic N) is 1. The highest BCUT2D eigenvalue weighted by Gasteiger charge is 2.24. The molecule has 106 valence electrons. The summed E-state index contributed by atoms with van der Waals surface area (Å²) in [6.45, 7) is 1.97. The van der Waals surface area contributed by atoms with E-state index in [1.165, 1.54) is 12.8 Å². The predicted molar refractivity (Wildman–Crippen MR) is 85.2 cm³/mol. The average Bonchev–Trinajstić information content (AvgIpc) is 3.38. The van der Waals surface area contributed by atoms with Crippen molar-refractivity contribution in [3.05, 3.63) is 60.2 Å². The largest absolute Gasteiger partial charge is 0.271 e. The zero-order valence-electron chi connectivity index (χ0n) is 12.0. The second kappa shape index (κ2) is 5.92. The number of hydrogen-bond donors (Lipinski definition) is 1. The Labute approximate surface area is 124 Å². The predicted octanol–water partition coefficient (Wildman–Crippen LogP) is 3.87. The Bertz CT molecular complexity index is 655. The Kier molecular flexibility index (Phi) is 3.82. The molecule has 1 aliphatic rings. The van der Waals surface area contributed by atoms with Gasteiger partial charge in [-0.1, -0.05) is 42.5 Å². The van der Waals surface area contributed by atoms with Crippen molar-refractivity contribution in [2.24, 2.45) is 11.0 Å². The fourth-order valence-corrected chi connectivity index (χ4v) is 2.24. The van der Waals surface area contributed by atoms with Crippen LogP contribution in [0, 0.1) is 5.92 Å². The number of hydrogen-bond acceptors (Lipinski definition) is 2. The highest BCUT2D eigenvalue weighted by molar-refractivity contribution is 5.96. The minimum absolute atomic E-state index is 0.158. The normalized spacial score (nSPS) is 14.8. The molecule has 0 spiro atoms. The molecule has 1 N–H and O–H groups in total. The molecule has 1 fully saturated rings. The summed E-state index contributed by atoms with van der Waals surface area (Å²) in [6, 6.07) is 17.7. The molecule has 0 atom stereocenters. The zero-order chi connectivity index (χ0) is 14.7. The van der Waals surface area contributed by atoms with E-state index in [2.05, 4.69) is 22.7 Å². The van der Waals surface area contributed by atoms with Crippen molar-refractivity contribution in [2.45, 2.75) is 19.8 Å². The van der Waals surface area contributed by atoms with Crippen LogP contribution in [0.25, 0.3) is 11.1 Å². The third-order valence-electron chi connectivity index (χ3n) is 3.76. The van der Waals surface area contributed by atoms with E-state index in [4.69, 9.17) is 0 Å². The van der Waals surface area contributed by atoms with Crippen molar-refractivity contribution in [3.8, 4) is 11.1 Å². The zero-order valence-corrected chi connectivity index (χ0v) is 12.0. The number of rotatable bonds is 4. The molecule has 0 heterocycles. The third-order valence-corrected chi connectivity index (χ3v) is 3.76. The summed E-state index contributed by atoms with van der Waals surface area (Å²) in [5, 5.41) is 4.16. The molecule has 1 aliphatic carbocycles. The lowest BCUT2D eigenvalue weighted by Crippen LogP contribution is -2.19. The van der Waals surface area contributed by atoms with Gasteiger partial charge >= 0.3 is 0 Å². The molecule has 3 nitrogen and oxygen atoms in total. The van der Waals surface area contributed by atoms with Crippen LogP contribution in [0.1, 0.15) is 30.1 Å². The minimum Gasteiger partial charge on any atom is -0.267 e. The van der Waals surface area contributed by atoms with Crippen LogP contribution < -0.4 is 5.43 Å². The van der Waals surface area contributed by atoms with Gasteiger partial charge in [0.25, 0.3) is 5.91 Å². The summed E-state index contributed by atoms with van der Waals surface area (Å²) >= 11 is 0. The van der Waals surface area contributed by atoms with E-state index in [0.29, 0.717) is 11.5 Å². The van der Waals surface area contributed by atoms with E-state index in [0.717, 1.165) is 16.8 Å². The number of carbonyl (C=O) groups is 1. The molecule has 3 rings (SSSR count). The van der Waals surface area contributed by atoms with Crippen molar-refractivity contribution in [1.29, 1.82) is 0 Å². The van der Waals surface area contributed by atoms with Crippen LogP contribution in [0.4, 0.5) is 0 Å². The van der Waals surface area contributed by atoms with Gasteiger partial charge in [-0.05, 0) is 48.9 Å². The quantitative estimate of drug-likeness (QED) is 0.669. The molecule has 0 saturated heterocycles. The van der Waals surface area contributed by atoms with Gasteiger partial charge in [0.05, 0.1) is 0 Å². The van der Waals surface area contributed by atoms with Crippen molar-refractivity contribution in [2.75, 3.05) is 0 Å². The maximum absolute atomic E-state index is 12.0. The van der Waals surface area contributed by atoms with Crippen molar-refractivity contribution in [1.82, 2.24) is 5.43 Å². The molecule has 2 aromatic rings. The Morgan fingerprint density at radius 1 is 1.00 bits per heavy atom. The summed E-state index contributed by atoms with van der Waals surface area (Å²) in [4.78, 5) is 12.0. The van der Waals surface area contributed by atoms with Crippen molar-refractivity contribution >= 4 is 11.6 Å². The van der Waals surface area contributed by atoms with Crippen LogP contribution in [-0.2, 0) is 0 Å². The Morgan fingerprint density at radius 2 is 1.62 bits per heavy atom. The van der Waals surface area contributed by atoms with Crippen LogP contribution in [0.3, 0.4) is 0 Å². The fourth-order valence-electron chi connectivity index (χ4n) is 2.24. The van der Waals surface area contributed by atoms with E-state index < -0.39 is 0 Å². The van der Waals surface area contributed by atoms with Crippen molar-refractivity contribution in [3.63, 3.8) is 0 Å². The molecule has 0 radical (unpaired) electrons. The first-order valence-corrected chi connectivity index (χ1v) is 7.24. The van der Waals surface area contributed by atoms with E-state index >= 15 is 0 Å². The molecule has 1 saturated carbocycles. The van der Waals surface area contributed by atoms with Crippen LogP contribution in [0.15, 0.2) is 59.7 Å². The van der Waals surface area contributed by atoms with Crippen LogP contribution in [-0.4, -0.2) is 11.6 Å². The molecule has 1 amide bonds. The second-order valence-electron chi connectivity index (χ2n) is 5.41. The number of amides is 1. The molecule has 0 aliphatic heterocycles. The monoisotopic (exact) mass is 278 g/mol. The molecular formula is C18H18N2O. The molecule has 21 heavy (non-hydrogen) atoms. The van der Waals surface area contributed by atoms with Gasteiger partial charge in [0, 0.05) is 11.3 Å². The maximum atomic E-state index is 12.0. The molecule has 0 aromatic heterocycles. The lowest BCUT2D eigenvalue weighted by molar-refractivity contribution is 0.0954. The Hall–Kier alpha value is -2.42. The summed E-state index contributed by atoms with van der Waals surface area (Å²) in [6.07, 6.45) is 2.38. The first kappa shape index (κ1) is 13.6. The summed E-state index contributed by atoms with van der Waals surface area (Å²) in [7, 11) is 0. The molecule has 2 aromatic carbocycles. The Morgan fingerprint density at radius 3 is 2.24 bits per heavy atom. The van der Waals surface area contributed by atoms with Crippen LogP contribution in [0.5, 0.6) is 0 Å². The van der Waals surface area contributed by atoms with Gasteiger partial charge < -0.3 is 0 Å². The SMILES string of the molecule is C/C(=N/NC(=O)c1ccc(-c2ccccc2)cc1)C1CC1. The highest BCUT2D eigenvalue weighted by Crippen LogP contribution is 2.30. The average molecular weight is 278 g/mol. The summed E-state index contributed by atoms with van der Waals surface area (Å²) in [5.41, 5.74) is 6.52. The standard InChI is InChI=1S/C18H18N2O/c1-13(14-7-8-14)19-20-18(21)17-11-9-16(10-12-17)15-5-3-2-4-6-15/h2-6,9-12,14H,7-8H2,1H3,(H,20,21)/b19-13-. The minimum atomic E-state index is -0.158. The fraction of sp³-hybridized carbons (Fsp3) is 0.222. The smallest absolute Gasteiger partial charge is 0.267 e. The highest BCUT2D eigenvalue weighted by atomic mass is 16.2. The van der Waals surface area contributed by atoms with Gasteiger partial charge in [-0.25, -0.2) is 5.43 Å². The number of nitrogens with one attached hydrogen (secondary N) is 1. The molecule has 0 unspecified atom stereocenters. The van der Waals surface area contributed by atoms with Crippen LogP contribution >= 0.6 is 0 Å².